The summed E-state index contributed by atoms with van der Waals surface area (Å²) < 4.78 is 13.4. The Labute approximate surface area is 198 Å². The van der Waals surface area contributed by atoms with Crippen LogP contribution in [0.4, 0.5) is 0 Å². The molecule has 3 N–H and O–H groups in total. The summed E-state index contributed by atoms with van der Waals surface area (Å²) in [7, 11) is 0. The molecule has 2 aromatic rings. The van der Waals surface area contributed by atoms with Crippen molar-refractivity contribution in [2.24, 2.45) is 0 Å². The minimum atomic E-state index is -0.478. The Morgan fingerprint density at radius 3 is 2.14 bits per heavy atom. The van der Waals surface area contributed by atoms with Crippen LogP contribution in [0.1, 0.15) is 5.56 Å². The first-order valence-corrected chi connectivity index (χ1v) is 10.9. The Morgan fingerprint density at radius 2 is 1.48 bits per heavy atom. The number of benzene rings is 2. The normalized spacial score (nSPS) is 10.1. The van der Waals surface area contributed by atoms with Crippen LogP contribution in [0.5, 0.6) is 11.5 Å². The van der Waals surface area contributed by atoms with E-state index in [1.165, 1.54) is 0 Å². The monoisotopic (exact) mass is 607 g/mol. The zero-order valence-electron chi connectivity index (χ0n) is 15.1. The van der Waals surface area contributed by atoms with Crippen LogP contribution in [-0.2, 0) is 9.59 Å². The third-order valence-electron chi connectivity index (χ3n) is 3.32. The summed E-state index contributed by atoms with van der Waals surface area (Å²) in [6.45, 7) is 1.41. The average Bonchev–Trinajstić information content (AvgIpc) is 2.65. The van der Waals surface area contributed by atoms with Gasteiger partial charge >= 0.3 is 0 Å². The van der Waals surface area contributed by atoms with Crippen LogP contribution in [0.2, 0.25) is 0 Å². The summed E-state index contributed by atoms with van der Waals surface area (Å²) in [5.41, 5.74) is 5.67. The minimum absolute atomic E-state index is 0.0679. The molecule has 0 saturated heterocycles. The van der Waals surface area contributed by atoms with E-state index < -0.39 is 11.8 Å². The van der Waals surface area contributed by atoms with Crippen molar-refractivity contribution in [1.82, 2.24) is 16.2 Å². The number of hydrazine groups is 1. The first-order chi connectivity index (χ1) is 13.7. The number of hydrogen-bond donors (Lipinski definition) is 3. The van der Waals surface area contributed by atoms with Gasteiger partial charge in [0.05, 0.1) is 4.47 Å². The van der Waals surface area contributed by atoms with Gasteiger partial charge in [-0.25, -0.2) is 0 Å². The molecule has 2 amide bonds. The van der Waals surface area contributed by atoms with E-state index in [9.17, 15) is 9.59 Å². The van der Waals surface area contributed by atoms with E-state index in [0.717, 1.165) is 14.5 Å². The van der Waals surface area contributed by atoms with Crippen LogP contribution in [-0.4, -0.2) is 30.1 Å². The fraction of sp³-hybridized carbons (Fsp3) is 0.167. The number of nitrogens with one attached hydrogen (secondary N) is 3. The number of carbonyl (C=O) groups is 2. The van der Waals surface area contributed by atoms with Crippen molar-refractivity contribution in [2.45, 2.75) is 6.92 Å². The van der Waals surface area contributed by atoms with E-state index in [4.69, 9.17) is 21.7 Å². The summed E-state index contributed by atoms with van der Waals surface area (Å²) in [4.78, 5) is 23.7. The summed E-state index contributed by atoms with van der Waals surface area (Å²) in [5, 5.41) is 2.33. The molecule has 0 fully saturated rings. The number of halogens is 3. The Kier molecular flexibility index (Phi) is 9.34. The van der Waals surface area contributed by atoms with Gasteiger partial charge in [0.1, 0.15) is 11.5 Å². The fourth-order valence-electron chi connectivity index (χ4n) is 2.01. The van der Waals surface area contributed by atoms with Gasteiger partial charge in [-0.15, -0.1) is 0 Å². The molecule has 0 heterocycles. The largest absolute Gasteiger partial charge is 0.483 e. The molecule has 0 bridgehead atoms. The number of aryl methyl sites for hydroxylation is 1. The van der Waals surface area contributed by atoms with E-state index in [1.54, 1.807) is 24.3 Å². The molecule has 2 aromatic carbocycles. The lowest BCUT2D eigenvalue weighted by Gasteiger charge is -2.13. The molecular weight excluding hydrogens is 594 g/mol. The number of amides is 2. The number of rotatable bonds is 6. The zero-order valence-corrected chi connectivity index (χ0v) is 20.6. The number of ether oxygens (including phenoxy) is 2. The first kappa shape index (κ1) is 23.6. The van der Waals surface area contributed by atoms with Crippen molar-refractivity contribution in [3.63, 3.8) is 0 Å². The molecule has 0 unspecified atom stereocenters. The highest BCUT2D eigenvalue weighted by Crippen LogP contribution is 2.28. The van der Waals surface area contributed by atoms with E-state index in [1.807, 2.05) is 19.1 Å². The van der Waals surface area contributed by atoms with Crippen molar-refractivity contribution in [3.8, 4) is 11.5 Å². The predicted molar refractivity (Wildman–Crippen MR) is 124 cm³/mol. The van der Waals surface area contributed by atoms with Crippen molar-refractivity contribution in [2.75, 3.05) is 13.2 Å². The highest BCUT2D eigenvalue weighted by Gasteiger charge is 2.10. The molecular formula is C18H16Br3N3O4S. The van der Waals surface area contributed by atoms with E-state index in [2.05, 4.69) is 64.0 Å². The highest BCUT2D eigenvalue weighted by molar-refractivity contribution is 9.11. The molecule has 0 radical (unpaired) electrons. The topological polar surface area (TPSA) is 88.7 Å². The molecule has 29 heavy (non-hydrogen) atoms. The second-order valence-corrected chi connectivity index (χ2v) is 8.71. The Hall–Kier alpha value is -1.69. The van der Waals surface area contributed by atoms with E-state index >= 15 is 0 Å². The summed E-state index contributed by atoms with van der Waals surface area (Å²) >= 11 is 15.0. The van der Waals surface area contributed by atoms with Crippen molar-refractivity contribution in [3.05, 3.63) is 55.4 Å². The standard InChI is InChI=1S/C18H16Br3N3O4S/c1-10-6-11(19)2-4-14(10)27-9-17(26)23-24-18(29)22-16(25)8-28-15-5-3-12(20)7-13(15)21/h2-7H,8-9H2,1H3,(H,23,26)(H2,22,24,25,29). The maximum Gasteiger partial charge on any atom is 0.276 e. The molecule has 0 saturated carbocycles. The SMILES string of the molecule is Cc1cc(Br)ccc1OCC(=O)NNC(=S)NC(=O)COc1ccc(Br)cc1Br. The lowest BCUT2D eigenvalue weighted by atomic mass is 10.2. The zero-order chi connectivity index (χ0) is 21.4. The molecule has 0 spiro atoms. The number of thiocarbonyl (C=S) groups is 1. The van der Waals surface area contributed by atoms with Crippen LogP contribution < -0.4 is 25.6 Å². The van der Waals surface area contributed by atoms with E-state index in [0.29, 0.717) is 16.0 Å². The summed E-state index contributed by atoms with van der Waals surface area (Å²) in [5.74, 6) is 0.165. The highest BCUT2D eigenvalue weighted by atomic mass is 79.9. The molecule has 0 aliphatic rings. The lowest BCUT2D eigenvalue weighted by molar-refractivity contribution is -0.124. The molecule has 11 heteroatoms. The Morgan fingerprint density at radius 1 is 0.897 bits per heavy atom. The van der Waals surface area contributed by atoms with Crippen LogP contribution in [0.3, 0.4) is 0 Å². The predicted octanol–water partition coefficient (Wildman–Crippen LogP) is 3.76. The van der Waals surface area contributed by atoms with Gasteiger partial charge in [0.25, 0.3) is 11.8 Å². The molecule has 154 valence electrons. The minimum Gasteiger partial charge on any atom is -0.483 e. The Bertz CT molecular complexity index is 927. The van der Waals surface area contributed by atoms with E-state index in [-0.39, 0.29) is 18.3 Å². The van der Waals surface area contributed by atoms with Crippen molar-refractivity contribution >= 4 is 76.9 Å². The van der Waals surface area contributed by atoms with Gasteiger partial charge in [0, 0.05) is 8.95 Å². The van der Waals surface area contributed by atoms with Crippen LogP contribution >= 0.6 is 60.0 Å². The third-order valence-corrected chi connectivity index (χ3v) is 5.13. The lowest BCUT2D eigenvalue weighted by Crippen LogP contribution is -2.50. The van der Waals surface area contributed by atoms with Crippen LogP contribution in [0.15, 0.2) is 49.8 Å². The summed E-state index contributed by atoms with van der Waals surface area (Å²) in [6, 6.07) is 10.8. The molecule has 7 nitrogen and oxygen atoms in total. The van der Waals surface area contributed by atoms with Crippen molar-refractivity contribution < 1.29 is 19.1 Å². The molecule has 0 aliphatic carbocycles. The van der Waals surface area contributed by atoms with Gasteiger partial charge in [0.2, 0.25) is 0 Å². The second-order valence-electron chi connectivity index (χ2n) is 5.61. The van der Waals surface area contributed by atoms with Gasteiger partial charge in [-0.05, 0) is 77.0 Å². The maximum absolute atomic E-state index is 11.9. The fourth-order valence-corrected chi connectivity index (χ4v) is 3.81. The quantitative estimate of drug-likeness (QED) is 0.342. The van der Waals surface area contributed by atoms with Crippen LogP contribution in [0.25, 0.3) is 0 Å². The number of carbonyl (C=O) groups excluding carboxylic acids is 2. The Balaban J connectivity index is 1.68. The van der Waals surface area contributed by atoms with Crippen molar-refractivity contribution in [1.29, 1.82) is 0 Å². The van der Waals surface area contributed by atoms with Crippen LogP contribution in [0, 0.1) is 6.92 Å². The first-order valence-electron chi connectivity index (χ1n) is 8.10. The van der Waals surface area contributed by atoms with Gasteiger partial charge in [-0.1, -0.05) is 31.9 Å². The van der Waals surface area contributed by atoms with Gasteiger partial charge in [-0.2, -0.15) is 0 Å². The summed E-state index contributed by atoms with van der Waals surface area (Å²) in [6.07, 6.45) is 0. The van der Waals surface area contributed by atoms with Gasteiger partial charge in [-0.3, -0.25) is 25.8 Å². The maximum atomic E-state index is 11.9. The second kappa shape index (κ2) is 11.5. The molecule has 0 aliphatic heterocycles. The van der Waals surface area contributed by atoms with Gasteiger partial charge < -0.3 is 9.47 Å². The average molecular weight is 610 g/mol. The molecule has 2 rings (SSSR count). The smallest absolute Gasteiger partial charge is 0.276 e. The number of hydrogen-bond acceptors (Lipinski definition) is 5. The molecule has 0 aromatic heterocycles. The van der Waals surface area contributed by atoms with Gasteiger partial charge in [0.15, 0.2) is 18.3 Å². The molecule has 0 atom stereocenters. The third kappa shape index (κ3) is 8.29.